The molecule has 0 aliphatic rings. The number of benzene rings is 2. The third kappa shape index (κ3) is 5.80. The van der Waals surface area contributed by atoms with Crippen LogP contribution in [0.1, 0.15) is 17.5 Å². The van der Waals surface area contributed by atoms with Crippen LogP contribution >= 0.6 is 0 Å². The van der Waals surface area contributed by atoms with Crippen molar-refractivity contribution in [3.8, 4) is 11.5 Å². The van der Waals surface area contributed by atoms with Crippen LogP contribution in [0.2, 0.25) is 0 Å². The molecule has 2 N–H and O–H groups in total. The molecule has 0 spiro atoms. The van der Waals surface area contributed by atoms with Gasteiger partial charge >= 0.3 is 5.97 Å². The third-order valence-corrected chi connectivity index (χ3v) is 4.04. The van der Waals surface area contributed by atoms with Crippen molar-refractivity contribution in [2.45, 2.75) is 25.3 Å². The maximum Gasteiger partial charge on any atom is 0.323 e. The van der Waals surface area contributed by atoms with E-state index in [2.05, 4.69) is 5.32 Å². The van der Waals surface area contributed by atoms with Gasteiger partial charge < -0.3 is 19.9 Å². The Morgan fingerprint density at radius 3 is 2.52 bits per heavy atom. The fraction of sp³-hybridized carbons (Fsp3) is 0.350. The van der Waals surface area contributed by atoms with E-state index in [4.69, 9.17) is 9.47 Å². The van der Waals surface area contributed by atoms with Crippen molar-refractivity contribution in [2.75, 3.05) is 20.8 Å². The standard InChI is InChI=1S/C20H25NO4/c1-24-19-11-10-16(14-18(19)22)9-6-12-21-17(20(23)25-2)13-15-7-4-3-5-8-15/h3-5,7-8,10-11,14,17,21-22H,6,9,12-13H2,1-2H3/t17-/m0/s1. The normalized spacial score (nSPS) is 11.8. The van der Waals surface area contributed by atoms with Crippen molar-refractivity contribution in [3.63, 3.8) is 0 Å². The van der Waals surface area contributed by atoms with Gasteiger partial charge in [0.1, 0.15) is 6.04 Å². The summed E-state index contributed by atoms with van der Waals surface area (Å²) in [5.41, 5.74) is 2.11. The number of hydrogen-bond donors (Lipinski definition) is 2. The Morgan fingerprint density at radius 1 is 1.12 bits per heavy atom. The molecule has 0 aliphatic heterocycles. The molecule has 5 heteroatoms. The van der Waals surface area contributed by atoms with Crippen molar-refractivity contribution in [2.24, 2.45) is 0 Å². The van der Waals surface area contributed by atoms with Gasteiger partial charge in [-0.1, -0.05) is 36.4 Å². The molecule has 1 atom stereocenters. The summed E-state index contributed by atoms with van der Waals surface area (Å²) in [6, 6.07) is 14.9. The number of methoxy groups -OCH3 is 2. The molecular weight excluding hydrogens is 318 g/mol. The predicted molar refractivity (Wildman–Crippen MR) is 96.9 cm³/mol. The van der Waals surface area contributed by atoms with Gasteiger partial charge in [-0.2, -0.15) is 0 Å². The first-order chi connectivity index (χ1) is 12.1. The summed E-state index contributed by atoms with van der Waals surface area (Å²) < 4.78 is 9.93. The quantitative estimate of drug-likeness (QED) is 0.541. The van der Waals surface area contributed by atoms with Gasteiger partial charge in [-0.15, -0.1) is 0 Å². The second kappa shape index (κ2) is 9.69. The van der Waals surface area contributed by atoms with Gasteiger partial charge in [0.15, 0.2) is 11.5 Å². The molecule has 0 amide bonds. The molecule has 25 heavy (non-hydrogen) atoms. The second-order valence-corrected chi connectivity index (χ2v) is 5.83. The van der Waals surface area contributed by atoms with Crippen LogP contribution in [-0.2, 0) is 22.4 Å². The molecule has 2 aromatic rings. The Balaban J connectivity index is 1.84. The topological polar surface area (TPSA) is 67.8 Å². The highest BCUT2D eigenvalue weighted by Gasteiger charge is 2.18. The first-order valence-electron chi connectivity index (χ1n) is 8.35. The number of phenolic OH excluding ortho intramolecular Hbond substituents is 1. The minimum absolute atomic E-state index is 0.143. The Hall–Kier alpha value is -2.53. The summed E-state index contributed by atoms with van der Waals surface area (Å²) in [7, 11) is 2.93. The molecule has 0 heterocycles. The molecule has 2 rings (SSSR count). The van der Waals surface area contributed by atoms with Crippen LogP contribution in [-0.4, -0.2) is 37.9 Å². The van der Waals surface area contributed by atoms with Crippen LogP contribution in [0.4, 0.5) is 0 Å². The maximum atomic E-state index is 12.0. The summed E-state index contributed by atoms with van der Waals surface area (Å²) >= 11 is 0. The number of esters is 1. The largest absolute Gasteiger partial charge is 0.504 e. The molecule has 5 nitrogen and oxygen atoms in total. The minimum atomic E-state index is -0.364. The summed E-state index contributed by atoms with van der Waals surface area (Å²) in [6.07, 6.45) is 2.23. The van der Waals surface area contributed by atoms with Gasteiger partial charge in [-0.25, -0.2) is 0 Å². The molecule has 0 unspecified atom stereocenters. The molecule has 2 aromatic carbocycles. The van der Waals surface area contributed by atoms with Gasteiger partial charge in [0.25, 0.3) is 0 Å². The Morgan fingerprint density at radius 2 is 1.88 bits per heavy atom. The lowest BCUT2D eigenvalue weighted by atomic mass is 10.1. The fourth-order valence-electron chi connectivity index (χ4n) is 2.69. The molecule has 0 fully saturated rings. The van der Waals surface area contributed by atoms with Crippen molar-refractivity contribution < 1.29 is 19.4 Å². The van der Waals surface area contributed by atoms with Gasteiger partial charge in [-0.05, 0) is 49.1 Å². The molecule has 134 valence electrons. The smallest absolute Gasteiger partial charge is 0.323 e. The molecule has 0 saturated heterocycles. The van der Waals surface area contributed by atoms with E-state index in [0.717, 1.165) is 24.0 Å². The van der Waals surface area contributed by atoms with E-state index >= 15 is 0 Å². The average Bonchev–Trinajstić information content (AvgIpc) is 2.64. The Labute approximate surface area is 148 Å². The highest BCUT2D eigenvalue weighted by atomic mass is 16.5. The summed E-state index contributed by atoms with van der Waals surface area (Å²) in [5, 5.41) is 13.1. The van der Waals surface area contributed by atoms with Crippen LogP contribution < -0.4 is 10.1 Å². The van der Waals surface area contributed by atoms with E-state index in [0.29, 0.717) is 18.7 Å². The Bertz CT molecular complexity index is 673. The second-order valence-electron chi connectivity index (χ2n) is 5.83. The van der Waals surface area contributed by atoms with Crippen LogP contribution in [0.3, 0.4) is 0 Å². The monoisotopic (exact) mass is 343 g/mol. The molecule has 0 radical (unpaired) electrons. The van der Waals surface area contributed by atoms with Crippen LogP contribution in [0.25, 0.3) is 0 Å². The predicted octanol–water partition coefficient (Wildman–Crippen LogP) is 2.71. The zero-order valence-electron chi connectivity index (χ0n) is 14.7. The number of hydrogen-bond acceptors (Lipinski definition) is 5. The molecule has 0 bridgehead atoms. The number of phenols is 1. The number of carbonyl (C=O) groups is 1. The van der Waals surface area contributed by atoms with Crippen molar-refractivity contribution >= 4 is 5.97 Å². The fourth-order valence-corrected chi connectivity index (χ4v) is 2.69. The number of nitrogens with one attached hydrogen (secondary N) is 1. The maximum absolute atomic E-state index is 12.0. The number of rotatable bonds is 9. The van der Waals surface area contributed by atoms with Crippen molar-refractivity contribution in [1.29, 1.82) is 0 Å². The van der Waals surface area contributed by atoms with E-state index in [1.54, 1.807) is 12.1 Å². The number of carbonyl (C=O) groups excluding carboxylic acids is 1. The van der Waals surface area contributed by atoms with Crippen molar-refractivity contribution in [3.05, 3.63) is 59.7 Å². The molecular formula is C20H25NO4. The van der Waals surface area contributed by atoms with Gasteiger partial charge in [0.2, 0.25) is 0 Å². The lowest BCUT2D eigenvalue weighted by molar-refractivity contribution is -0.143. The summed E-state index contributed by atoms with van der Waals surface area (Å²) in [5.74, 6) is 0.353. The average molecular weight is 343 g/mol. The molecule has 0 aliphatic carbocycles. The third-order valence-electron chi connectivity index (χ3n) is 4.04. The zero-order chi connectivity index (χ0) is 18.1. The van der Waals surface area contributed by atoms with E-state index in [1.807, 2.05) is 36.4 Å². The number of aromatic hydroxyl groups is 1. The van der Waals surface area contributed by atoms with Crippen LogP contribution in [0, 0.1) is 0 Å². The Kier molecular flexibility index (Phi) is 7.29. The lowest BCUT2D eigenvalue weighted by Crippen LogP contribution is -2.40. The van der Waals surface area contributed by atoms with E-state index in [1.165, 1.54) is 14.2 Å². The van der Waals surface area contributed by atoms with E-state index in [-0.39, 0.29) is 17.8 Å². The zero-order valence-corrected chi connectivity index (χ0v) is 14.7. The van der Waals surface area contributed by atoms with E-state index < -0.39 is 0 Å². The van der Waals surface area contributed by atoms with Gasteiger partial charge in [0, 0.05) is 0 Å². The SMILES string of the molecule is COC(=O)[C@H](Cc1ccccc1)NCCCc1ccc(OC)c(O)c1. The first kappa shape index (κ1) is 18.8. The van der Waals surface area contributed by atoms with Gasteiger partial charge in [-0.3, -0.25) is 4.79 Å². The van der Waals surface area contributed by atoms with Crippen LogP contribution in [0.5, 0.6) is 11.5 Å². The van der Waals surface area contributed by atoms with Crippen LogP contribution in [0.15, 0.2) is 48.5 Å². The highest BCUT2D eigenvalue weighted by molar-refractivity contribution is 5.76. The first-order valence-corrected chi connectivity index (χ1v) is 8.35. The number of aryl methyl sites for hydroxylation is 1. The summed E-state index contributed by atoms with van der Waals surface area (Å²) in [6.45, 7) is 0.680. The molecule has 0 saturated carbocycles. The highest BCUT2D eigenvalue weighted by Crippen LogP contribution is 2.26. The summed E-state index contributed by atoms with van der Waals surface area (Å²) in [4.78, 5) is 12.0. The van der Waals surface area contributed by atoms with Gasteiger partial charge in [0.05, 0.1) is 14.2 Å². The van der Waals surface area contributed by atoms with E-state index in [9.17, 15) is 9.90 Å². The lowest BCUT2D eigenvalue weighted by Gasteiger charge is -2.16. The number of ether oxygens (including phenoxy) is 2. The van der Waals surface area contributed by atoms with Crippen molar-refractivity contribution in [1.82, 2.24) is 5.32 Å². The minimum Gasteiger partial charge on any atom is -0.504 e. The molecule has 0 aromatic heterocycles.